The van der Waals surface area contributed by atoms with Crippen molar-refractivity contribution < 1.29 is 9.53 Å². The van der Waals surface area contributed by atoms with Gasteiger partial charge in [0.1, 0.15) is 4.83 Å². The maximum atomic E-state index is 9.18. The van der Waals surface area contributed by atoms with Gasteiger partial charge in [0.15, 0.2) is 0 Å². The Morgan fingerprint density at radius 3 is 2.54 bits per heavy atom. The van der Waals surface area contributed by atoms with E-state index in [9.17, 15) is 4.79 Å². The minimum atomic E-state index is -1.23. The molecule has 0 saturated carbocycles. The molecular formula is C35H38N2O2SSi. The maximum absolute atomic E-state index is 9.18. The number of nitrogen functional groups attached to an aromatic ring is 1. The summed E-state index contributed by atoms with van der Waals surface area (Å²) in [6.45, 7) is 9.80. The van der Waals surface area contributed by atoms with E-state index in [1.807, 2.05) is 6.07 Å². The lowest BCUT2D eigenvalue weighted by molar-refractivity contribution is -0.128. The van der Waals surface area contributed by atoms with Crippen molar-refractivity contribution in [2.24, 2.45) is 0 Å². The fraction of sp³-hybridized carbons (Fsp3) is 0.257. The Labute approximate surface area is 247 Å². The maximum Gasteiger partial charge on any atom is 0.293 e. The van der Waals surface area contributed by atoms with E-state index in [0.717, 1.165) is 22.5 Å². The number of aromatic nitrogens is 1. The van der Waals surface area contributed by atoms with Crippen molar-refractivity contribution in [2.75, 3.05) is 12.3 Å². The minimum absolute atomic E-state index is 0.431. The van der Waals surface area contributed by atoms with Crippen LogP contribution in [-0.4, -0.2) is 26.1 Å². The number of hydrogen-bond donors (Lipinski definition) is 1. The number of fused-ring (bicyclic) bond motifs is 6. The highest BCUT2D eigenvalue weighted by atomic mass is 32.1. The van der Waals surface area contributed by atoms with Gasteiger partial charge in [-0.15, -0.1) is 11.3 Å². The van der Waals surface area contributed by atoms with E-state index in [2.05, 4.69) is 96.5 Å². The molecule has 2 aromatic heterocycles. The SMILES string of the molecule is CCOC=O.C[Si](C)(C)c1ccc2nc3sccc3cc2c1.Nc1ccc2ccc3c(c2c1)CCC1=C3C=CCC1. The lowest BCUT2D eigenvalue weighted by atomic mass is 9.79. The van der Waals surface area contributed by atoms with Crippen LogP contribution in [0.1, 0.15) is 37.3 Å². The zero-order valence-electron chi connectivity index (χ0n) is 24.4. The molecule has 2 N–H and O–H groups in total. The van der Waals surface area contributed by atoms with Crippen LogP contribution in [-0.2, 0) is 16.0 Å². The quantitative estimate of drug-likeness (QED) is 0.132. The van der Waals surface area contributed by atoms with E-state index >= 15 is 0 Å². The number of nitrogens with two attached hydrogens (primary N) is 1. The van der Waals surface area contributed by atoms with Crippen LogP contribution in [0.25, 0.3) is 37.5 Å². The summed E-state index contributed by atoms with van der Waals surface area (Å²) >= 11 is 1.71. The first-order valence-corrected chi connectivity index (χ1v) is 18.7. The lowest BCUT2D eigenvalue weighted by Crippen LogP contribution is -2.37. The fourth-order valence-corrected chi connectivity index (χ4v) is 7.47. The van der Waals surface area contributed by atoms with Gasteiger partial charge in [-0.2, -0.15) is 0 Å². The lowest BCUT2D eigenvalue weighted by Gasteiger charge is -2.25. The average molecular weight is 579 g/mol. The Balaban J connectivity index is 0.000000143. The molecule has 0 unspecified atom stereocenters. The normalized spacial score (nSPS) is 14.0. The first-order valence-electron chi connectivity index (χ1n) is 14.3. The highest BCUT2D eigenvalue weighted by Crippen LogP contribution is 2.40. The van der Waals surface area contributed by atoms with Gasteiger partial charge in [-0.3, -0.25) is 4.79 Å². The zero-order valence-corrected chi connectivity index (χ0v) is 26.2. The van der Waals surface area contributed by atoms with E-state index in [4.69, 9.17) is 10.7 Å². The van der Waals surface area contributed by atoms with E-state index in [-0.39, 0.29) is 0 Å². The van der Waals surface area contributed by atoms with Crippen molar-refractivity contribution in [3.05, 3.63) is 94.9 Å². The molecule has 5 aromatic rings. The average Bonchev–Trinajstić information content (AvgIpc) is 3.43. The van der Waals surface area contributed by atoms with Crippen LogP contribution < -0.4 is 10.9 Å². The van der Waals surface area contributed by atoms with E-state index in [0.29, 0.717) is 13.1 Å². The second-order valence-corrected chi connectivity index (χ2v) is 17.5. The number of aryl methyl sites for hydroxylation is 1. The summed E-state index contributed by atoms with van der Waals surface area (Å²) in [7, 11) is -1.23. The molecule has 4 nitrogen and oxygen atoms in total. The summed E-state index contributed by atoms with van der Waals surface area (Å²) in [6.07, 6.45) is 9.42. The molecule has 0 bridgehead atoms. The molecule has 210 valence electrons. The Bertz CT molecular complexity index is 1780. The predicted molar refractivity (Wildman–Crippen MR) is 180 cm³/mol. The number of allylic oxidation sites excluding steroid dienone is 4. The largest absolute Gasteiger partial charge is 0.468 e. The molecule has 6 heteroatoms. The van der Waals surface area contributed by atoms with Gasteiger partial charge in [0.25, 0.3) is 6.47 Å². The molecule has 2 aliphatic carbocycles. The number of benzene rings is 3. The van der Waals surface area contributed by atoms with Crippen LogP contribution in [0.15, 0.2) is 83.8 Å². The van der Waals surface area contributed by atoms with E-state index in [1.54, 1.807) is 23.8 Å². The van der Waals surface area contributed by atoms with Gasteiger partial charge >= 0.3 is 0 Å². The monoisotopic (exact) mass is 578 g/mol. The second-order valence-electron chi connectivity index (χ2n) is 11.5. The number of carbonyl (C=O) groups is 1. The van der Waals surface area contributed by atoms with Crippen LogP contribution in [0.3, 0.4) is 0 Å². The number of thiophene rings is 1. The fourth-order valence-electron chi connectivity index (χ4n) is 5.54. The number of carbonyl (C=O) groups excluding carboxylic acids is 1. The molecule has 0 fully saturated rings. The highest BCUT2D eigenvalue weighted by molar-refractivity contribution is 7.16. The molecule has 0 spiro atoms. The highest BCUT2D eigenvalue weighted by Gasteiger charge is 2.20. The smallest absolute Gasteiger partial charge is 0.293 e. The van der Waals surface area contributed by atoms with Gasteiger partial charge in [-0.1, -0.05) is 72.9 Å². The van der Waals surface area contributed by atoms with Crippen LogP contribution in [0, 0.1) is 0 Å². The molecule has 0 aliphatic heterocycles. The molecule has 0 saturated heterocycles. The third-order valence-electron chi connectivity index (χ3n) is 7.74. The summed E-state index contributed by atoms with van der Waals surface area (Å²) < 4.78 is 4.15. The standard InChI is InChI=1S/C18H17N.C14H15NSSi.C3H6O2/c19-14-8-5-13-7-9-16-15-4-2-1-3-12(15)6-10-17(16)18(13)11-14;1-17(2,3)12-4-5-13-11(9-12)8-10-6-7-16-14(10)15-13;1-2-5-3-4/h2,4-5,7-9,11H,1,3,6,10,19H2;4-9H,1-3H3;3H,2H2,1H3. The summed E-state index contributed by atoms with van der Waals surface area (Å²) in [5.41, 5.74) is 14.0. The molecule has 2 aliphatic rings. The molecule has 0 radical (unpaired) electrons. The molecular weight excluding hydrogens is 541 g/mol. The molecule has 2 heterocycles. The Hall–Kier alpha value is -3.74. The summed E-state index contributed by atoms with van der Waals surface area (Å²) in [5, 5.41) is 8.78. The molecule has 3 aromatic carbocycles. The Kier molecular flexibility index (Phi) is 8.71. The second kappa shape index (κ2) is 12.4. The van der Waals surface area contributed by atoms with Crippen molar-refractivity contribution in [2.45, 2.75) is 52.2 Å². The first kappa shape index (κ1) is 28.8. The Morgan fingerprint density at radius 1 is 0.951 bits per heavy atom. The van der Waals surface area contributed by atoms with Crippen LogP contribution in [0.4, 0.5) is 5.69 Å². The minimum Gasteiger partial charge on any atom is -0.468 e. The van der Waals surface area contributed by atoms with Crippen molar-refractivity contribution >= 4 is 74.2 Å². The molecule has 0 atom stereocenters. The van der Waals surface area contributed by atoms with Gasteiger partial charge in [0.2, 0.25) is 0 Å². The van der Waals surface area contributed by atoms with Crippen molar-refractivity contribution in [1.82, 2.24) is 4.98 Å². The number of nitrogens with zero attached hydrogens (tertiary/aromatic N) is 1. The van der Waals surface area contributed by atoms with Gasteiger partial charge in [-0.25, -0.2) is 4.98 Å². The van der Waals surface area contributed by atoms with Crippen LogP contribution in [0.5, 0.6) is 0 Å². The van der Waals surface area contributed by atoms with E-state index < -0.39 is 8.07 Å². The molecule has 41 heavy (non-hydrogen) atoms. The van der Waals surface area contributed by atoms with E-state index in [1.165, 1.54) is 62.7 Å². The number of hydrogen-bond acceptors (Lipinski definition) is 5. The topological polar surface area (TPSA) is 65.2 Å². The van der Waals surface area contributed by atoms with Crippen molar-refractivity contribution in [3.8, 4) is 0 Å². The third-order valence-corrected chi connectivity index (χ3v) is 10.6. The van der Waals surface area contributed by atoms with Gasteiger partial charge in [0, 0.05) is 16.5 Å². The zero-order chi connectivity index (χ0) is 29.0. The van der Waals surface area contributed by atoms with Crippen LogP contribution >= 0.6 is 11.3 Å². The van der Waals surface area contributed by atoms with Gasteiger partial charge in [-0.05, 0) is 95.8 Å². The first-order chi connectivity index (χ1) is 19.8. The van der Waals surface area contributed by atoms with Crippen molar-refractivity contribution in [1.29, 1.82) is 0 Å². The summed E-state index contributed by atoms with van der Waals surface area (Å²) in [5.74, 6) is 0. The number of pyridine rings is 1. The van der Waals surface area contributed by atoms with Crippen molar-refractivity contribution in [3.63, 3.8) is 0 Å². The Morgan fingerprint density at radius 2 is 1.78 bits per heavy atom. The molecule has 7 rings (SSSR count). The summed E-state index contributed by atoms with van der Waals surface area (Å²) in [6, 6.07) is 21.9. The van der Waals surface area contributed by atoms with Crippen LogP contribution in [0.2, 0.25) is 19.6 Å². The molecule has 0 amide bonds. The van der Waals surface area contributed by atoms with Gasteiger partial charge in [0.05, 0.1) is 20.2 Å². The van der Waals surface area contributed by atoms with Gasteiger partial charge < -0.3 is 10.5 Å². The predicted octanol–water partition coefficient (Wildman–Crippen LogP) is 8.65. The third kappa shape index (κ3) is 6.44. The number of anilines is 1. The number of rotatable bonds is 3. The summed E-state index contributed by atoms with van der Waals surface area (Å²) in [4.78, 5) is 15.0. The number of ether oxygens (including phenoxy) is 1.